The summed E-state index contributed by atoms with van der Waals surface area (Å²) in [6.45, 7) is 1.000. The molecule has 4 atom stereocenters. The van der Waals surface area contributed by atoms with Crippen LogP contribution in [0.4, 0.5) is 10.1 Å². The van der Waals surface area contributed by atoms with Crippen LogP contribution in [0.5, 0.6) is 0 Å². The number of halogens is 1. The number of amides is 2. The van der Waals surface area contributed by atoms with Gasteiger partial charge in [0.25, 0.3) is 11.8 Å². The van der Waals surface area contributed by atoms with Gasteiger partial charge in [0, 0.05) is 74.3 Å². The lowest BCUT2D eigenvalue weighted by Gasteiger charge is -2.40. The van der Waals surface area contributed by atoms with Crippen molar-refractivity contribution in [2.45, 2.75) is 44.1 Å². The van der Waals surface area contributed by atoms with E-state index in [9.17, 15) is 22.4 Å². The number of ether oxygens (including phenoxy) is 1. The van der Waals surface area contributed by atoms with Crippen LogP contribution < -0.4 is 9.62 Å². The molecule has 6 rings (SSSR count). The number of nitrogens with zero attached hydrogens (tertiary/aromatic N) is 3. The molecule has 1 aromatic carbocycles. The molecule has 9 nitrogen and oxygen atoms in total. The third kappa shape index (κ3) is 5.42. The highest BCUT2D eigenvalue weighted by Crippen LogP contribution is 2.54. The van der Waals surface area contributed by atoms with Gasteiger partial charge in [-0.25, -0.2) is 9.11 Å². The third-order valence-corrected chi connectivity index (χ3v) is 11.1. The quantitative estimate of drug-likeness (QED) is 0.531. The molecule has 0 aromatic heterocycles. The molecule has 1 aromatic rings. The van der Waals surface area contributed by atoms with Crippen LogP contribution in [-0.4, -0.2) is 82.4 Å². The van der Waals surface area contributed by atoms with Gasteiger partial charge in [-0.2, -0.15) is 12.7 Å². The summed E-state index contributed by atoms with van der Waals surface area (Å²) in [6, 6.07) is 5.39. The van der Waals surface area contributed by atoms with Crippen molar-refractivity contribution in [3.05, 3.63) is 65.0 Å². The molecule has 2 aliphatic carbocycles. The second kappa shape index (κ2) is 11.6. The second-order valence-electron chi connectivity index (χ2n) is 12.2. The lowest BCUT2D eigenvalue weighted by molar-refractivity contribution is -0.126. The SMILES string of the molecule is CN1CCOCCN(C)S(=O)(=O)NC(=O)c2ccc3c(c2)N2CC(=CC4C=C(F)C=CC4C2C3C2CCCCC2)C1=O. The summed E-state index contributed by atoms with van der Waals surface area (Å²) >= 11 is 0. The molecule has 42 heavy (non-hydrogen) atoms. The monoisotopic (exact) mass is 598 g/mol. The average molecular weight is 599 g/mol. The highest BCUT2D eigenvalue weighted by Gasteiger charge is 2.49. The third-order valence-electron chi connectivity index (χ3n) is 9.62. The summed E-state index contributed by atoms with van der Waals surface area (Å²) < 4.78 is 49.4. The van der Waals surface area contributed by atoms with Crippen LogP contribution in [0.25, 0.3) is 0 Å². The Hall–Kier alpha value is -3.02. The number of carbonyl (C=O) groups excluding carboxylic acids is 2. The standard InChI is InChI=1S/C31H39FN4O5S/c1-34-12-14-41-15-13-35(2)42(39,40)33-30(37)21-8-10-26-27(18-21)36-19-23(31(34)38)16-22-17-24(32)9-11-25(22)29(36)28(26)20-6-4-3-5-7-20/h8-11,16-18,20,22,25,28-29H,3-7,12-15,19H2,1-2H3,(H,33,37). The fraction of sp³-hybridized carbons (Fsp3) is 0.548. The van der Waals surface area contributed by atoms with E-state index in [1.165, 1.54) is 19.5 Å². The Morgan fingerprint density at radius 2 is 1.79 bits per heavy atom. The summed E-state index contributed by atoms with van der Waals surface area (Å²) in [5, 5.41) is 0. The van der Waals surface area contributed by atoms with E-state index in [4.69, 9.17) is 4.74 Å². The smallest absolute Gasteiger partial charge is 0.303 e. The summed E-state index contributed by atoms with van der Waals surface area (Å²) in [7, 11) is -0.979. The lowest BCUT2D eigenvalue weighted by Crippen LogP contribution is -2.44. The molecule has 0 radical (unpaired) electrons. The highest BCUT2D eigenvalue weighted by atomic mass is 32.2. The van der Waals surface area contributed by atoms with Gasteiger partial charge in [-0.3, -0.25) is 9.59 Å². The average Bonchev–Trinajstić information content (AvgIpc) is 3.18. The van der Waals surface area contributed by atoms with E-state index >= 15 is 0 Å². The minimum absolute atomic E-state index is 0.0425. The Morgan fingerprint density at radius 1 is 1.02 bits per heavy atom. The topological polar surface area (TPSA) is 99.3 Å². The first-order valence-electron chi connectivity index (χ1n) is 14.9. The molecular formula is C31H39FN4O5S. The molecule has 4 bridgehead atoms. The number of anilines is 1. The minimum atomic E-state index is -4.09. The molecule has 1 N–H and O–H groups in total. The van der Waals surface area contributed by atoms with E-state index in [-0.39, 0.29) is 60.9 Å². The van der Waals surface area contributed by atoms with Crippen LogP contribution in [0.1, 0.15) is 53.9 Å². The van der Waals surface area contributed by atoms with Crippen LogP contribution in [0.2, 0.25) is 0 Å². The Balaban J connectivity index is 1.48. The van der Waals surface area contributed by atoms with Gasteiger partial charge in [-0.15, -0.1) is 0 Å². The number of hydrogen-bond donors (Lipinski definition) is 1. The molecule has 1 fully saturated rings. The second-order valence-corrected chi connectivity index (χ2v) is 13.9. The van der Waals surface area contributed by atoms with Gasteiger partial charge < -0.3 is 14.5 Å². The van der Waals surface area contributed by atoms with Crippen molar-refractivity contribution < 1.29 is 27.1 Å². The minimum Gasteiger partial charge on any atom is -0.378 e. The maximum Gasteiger partial charge on any atom is 0.303 e. The van der Waals surface area contributed by atoms with E-state index in [2.05, 4.69) is 9.62 Å². The van der Waals surface area contributed by atoms with Crippen LogP contribution in [0.15, 0.2) is 53.9 Å². The number of carbonyl (C=O) groups is 2. The Bertz CT molecular complexity index is 1450. The molecule has 2 amide bonds. The summed E-state index contributed by atoms with van der Waals surface area (Å²) in [4.78, 5) is 31.0. The molecule has 226 valence electrons. The van der Waals surface area contributed by atoms with Crippen molar-refractivity contribution in [3.63, 3.8) is 0 Å². The van der Waals surface area contributed by atoms with Crippen molar-refractivity contribution in [1.29, 1.82) is 0 Å². The first-order chi connectivity index (χ1) is 20.1. The lowest BCUT2D eigenvalue weighted by atomic mass is 9.69. The Morgan fingerprint density at radius 3 is 2.57 bits per heavy atom. The number of likely N-dealkylation sites (N-methyl/N-ethyl adjacent to an activating group) is 2. The molecule has 0 saturated heterocycles. The van der Waals surface area contributed by atoms with Gasteiger partial charge in [0.2, 0.25) is 0 Å². The van der Waals surface area contributed by atoms with Crippen molar-refractivity contribution in [1.82, 2.24) is 13.9 Å². The number of rotatable bonds is 1. The van der Waals surface area contributed by atoms with E-state index in [0.717, 1.165) is 41.2 Å². The first-order valence-corrected chi connectivity index (χ1v) is 16.4. The van der Waals surface area contributed by atoms with Crippen LogP contribution in [0, 0.1) is 17.8 Å². The Labute approximate surface area is 247 Å². The zero-order valence-electron chi connectivity index (χ0n) is 24.2. The molecule has 11 heteroatoms. The molecular weight excluding hydrogens is 559 g/mol. The first kappa shape index (κ1) is 29.1. The molecule has 4 unspecified atom stereocenters. The van der Waals surface area contributed by atoms with E-state index in [1.807, 2.05) is 18.2 Å². The zero-order valence-corrected chi connectivity index (χ0v) is 25.0. The van der Waals surface area contributed by atoms with Crippen molar-refractivity contribution >= 4 is 27.7 Å². The van der Waals surface area contributed by atoms with E-state index in [0.29, 0.717) is 24.6 Å². The number of hydrogen-bond acceptors (Lipinski definition) is 6. The molecule has 1 saturated carbocycles. The molecule has 0 spiro atoms. The normalized spacial score (nSPS) is 30.7. The number of benzene rings is 1. The van der Waals surface area contributed by atoms with Crippen molar-refractivity contribution in [2.24, 2.45) is 17.8 Å². The molecule has 3 heterocycles. The Kier molecular flexibility index (Phi) is 8.01. The summed E-state index contributed by atoms with van der Waals surface area (Å²) in [6.07, 6.45) is 12.7. The number of fused-ring (bicyclic) bond motifs is 4. The van der Waals surface area contributed by atoms with Crippen LogP contribution in [-0.2, 0) is 19.7 Å². The predicted octanol–water partition coefficient (Wildman–Crippen LogP) is 3.53. The van der Waals surface area contributed by atoms with E-state index in [1.54, 1.807) is 30.2 Å². The van der Waals surface area contributed by atoms with Gasteiger partial charge >= 0.3 is 10.2 Å². The fourth-order valence-corrected chi connectivity index (χ4v) is 8.25. The van der Waals surface area contributed by atoms with Gasteiger partial charge in [-0.1, -0.05) is 37.5 Å². The van der Waals surface area contributed by atoms with Gasteiger partial charge in [0.15, 0.2) is 0 Å². The highest BCUT2D eigenvalue weighted by molar-refractivity contribution is 7.87. The predicted molar refractivity (Wildman–Crippen MR) is 158 cm³/mol. The van der Waals surface area contributed by atoms with Gasteiger partial charge in [-0.05, 0) is 48.6 Å². The van der Waals surface area contributed by atoms with Crippen molar-refractivity contribution in [2.75, 3.05) is 51.8 Å². The summed E-state index contributed by atoms with van der Waals surface area (Å²) in [5.74, 6) is -0.975. The molecule has 3 aliphatic heterocycles. The summed E-state index contributed by atoms with van der Waals surface area (Å²) in [5.41, 5.74) is 2.76. The molecule has 5 aliphatic rings. The van der Waals surface area contributed by atoms with Crippen LogP contribution >= 0.6 is 0 Å². The van der Waals surface area contributed by atoms with Gasteiger partial charge in [0.1, 0.15) is 5.83 Å². The van der Waals surface area contributed by atoms with E-state index < -0.39 is 16.1 Å². The number of nitrogens with one attached hydrogen (secondary N) is 1. The zero-order chi connectivity index (χ0) is 29.6. The van der Waals surface area contributed by atoms with Crippen LogP contribution in [0.3, 0.4) is 0 Å². The largest absolute Gasteiger partial charge is 0.378 e. The number of allylic oxidation sites excluding steroid dienone is 4. The maximum atomic E-state index is 14.7. The fourth-order valence-electron chi connectivity index (χ4n) is 7.43. The van der Waals surface area contributed by atoms with Gasteiger partial charge in [0.05, 0.1) is 13.2 Å². The maximum absolute atomic E-state index is 14.7. The van der Waals surface area contributed by atoms with Crippen molar-refractivity contribution in [3.8, 4) is 0 Å².